The molecule has 0 atom stereocenters. The summed E-state index contributed by atoms with van der Waals surface area (Å²) in [5, 5.41) is 8.71. The Morgan fingerprint density at radius 3 is 2.78 bits per heavy atom. The summed E-state index contributed by atoms with van der Waals surface area (Å²) in [6.07, 6.45) is 0. The number of para-hydroxylation sites is 1. The fourth-order valence-corrected chi connectivity index (χ4v) is 3.01. The van der Waals surface area contributed by atoms with Gasteiger partial charge in [0.15, 0.2) is 0 Å². The van der Waals surface area contributed by atoms with Gasteiger partial charge < -0.3 is 25.6 Å². The highest BCUT2D eigenvalue weighted by molar-refractivity contribution is 6.33. The highest BCUT2D eigenvalue weighted by atomic mass is 35.5. The highest BCUT2D eigenvalue weighted by Gasteiger charge is 2.18. The van der Waals surface area contributed by atoms with Gasteiger partial charge in [-0.15, -0.1) is 0 Å². The van der Waals surface area contributed by atoms with Crippen molar-refractivity contribution in [2.45, 2.75) is 0 Å². The smallest absolute Gasteiger partial charge is 0.319 e. The maximum absolute atomic E-state index is 12.0. The number of nitrogens with zero attached hydrogens (tertiary/aromatic N) is 1. The fourth-order valence-electron chi connectivity index (χ4n) is 2.71. The van der Waals surface area contributed by atoms with E-state index in [-0.39, 0.29) is 18.5 Å². The number of carbonyl (C=O) groups is 2. The first-order valence-corrected chi connectivity index (χ1v) is 9.03. The van der Waals surface area contributed by atoms with Crippen molar-refractivity contribution in [2.24, 2.45) is 0 Å². The Kier molecular flexibility index (Phi) is 6.38. The molecular formula is C19H21ClN4O3. The fraction of sp³-hybridized carbons (Fsp3) is 0.263. The lowest BCUT2D eigenvalue weighted by molar-refractivity contribution is -0.120. The molecule has 27 heavy (non-hydrogen) atoms. The number of ether oxygens (including phenoxy) is 1. The average molecular weight is 389 g/mol. The molecule has 0 aliphatic carbocycles. The van der Waals surface area contributed by atoms with Gasteiger partial charge in [-0.05, 0) is 30.3 Å². The van der Waals surface area contributed by atoms with E-state index in [1.807, 2.05) is 35.2 Å². The van der Waals surface area contributed by atoms with Gasteiger partial charge in [-0.2, -0.15) is 0 Å². The molecule has 0 aromatic heterocycles. The summed E-state index contributed by atoms with van der Waals surface area (Å²) in [4.78, 5) is 25.4. The van der Waals surface area contributed by atoms with E-state index in [2.05, 4.69) is 16.0 Å². The van der Waals surface area contributed by atoms with Crippen LogP contribution in [-0.4, -0.2) is 44.7 Å². The van der Waals surface area contributed by atoms with Gasteiger partial charge in [0.2, 0.25) is 5.91 Å². The summed E-state index contributed by atoms with van der Waals surface area (Å²) in [5.41, 5.74) is 1.35. The Morgan fingerprint density at radius 1 is 1.22 bits per heavy atom. The molecule has 142 valence electrons. The van der Waals surface area contributed by atoms with Crippen LogP contribution in [0.1, 0.15) is 0 Å². The van der Waals surface area contributed by atoms with E-state index in [9.17, 15) is 9.59 Å². The number of hydrogen-bond donors (Lipinski definition) is 3. The summed E-state index contributed by atoms with van der Waals surface area (Å²) in [6, 6.07) is 14.3. The predicted octanol–water partition coefficient (Wildman–Crippen LogP) is 2.48. The van der Waals surface area contributed by atoms with Crippen LogP contribution in [0.15, 0.2) is 48.5 Å². The number of benzene rings is 2. The van der Waals surface area contributed by atoms with Crippen molar-refractivity contribution < 1.29 is 14.3 Å². The third-order valence-electron chi connectivity index (χ3n) is 3.98. The zero-order valence-electron chi connectivity index (χ0n) is 14.7. The molecule has 0 unspecified atom stereocenters. The molecule has 8 heteroatoms. The van der Waals surface area contributed by atoms with Crippen LogP contribution in [0.3, 0.4) is 0 Å². The summed E-state index contributed by atoms with van der Waals surface area (Å²) < 4.78 is 5.52. The molecule has 7 nitrogen and oxygen atoms in total. The summed E-state index contributed by atoms with van der Waals surface area (Å²) in [6.45, 7) is 2.29. The van der Waals surface area contributed by atoms with Crippen LogP contribution in [0.2, 0.25) is 5.02 Å². The molecule has 0 spiro atoms. The standard InChI is InChI=1S/C19H21ClN4O3/c20-16-12-14(6-7-17(16)24-10-8-21-18(25)13-24)23-19(26)22-9-11-27-15-4-2-1-3-5-15/h1-7,12H,8-11,13H2,(H,21,25)(H2,22,23,26). The number of hydrogen-bond acceptors (Lipinski definition) is 4. The van der Waals surface area contributed by atoms with Crippen LogP contribution in [0.25, 0.3) is 0 Å². The molecule has 3 rings (SSSR count). The van der Waals surface area contributed by atoms with Gasteiger partial charge in [-0.1, -0.05) is 29.8 Å². The van der Waals surface area contributed by atoms with Crippen LogP contribution in [0.5, 0.6) is 5.75 Å². The number of piperazine rings is 1. The number of halogens is 1. The molecule has 1 fully saturated rings. The topological polar surface area (TPSA) is 82.7 Å². The summed E-state index contributed by atoms with van der Waals surface area (Å²) in [5.74, 6) is 0.727. The summed E-state index contributed by atoms with van der Waals surface area (Å²) in [7, 11) is 0. The molecule has 0 saturated carbocycles. The lowest BCUT2D eigenvalue weighted by Gasteiger charge is -2.29. The van der Waals surface area contributed by atoms with E-state index in [0.717, 1.165) is 11.4 Å². The Morgan fingerprint density at radius 2 is 2.04 bits per heavy atom. The minimum atomic E-state index is -0.340. The third-order valence-corrected chi connectivity index (χ3v) is 4.29. The van der Waals surface area contributed by atoms with Crippen LogP contribution >= 0.6 is 11.6 Å². The third kappa shape index (κ3) is 5.52. The predicted molar refractivity (Wildman–Crippen MR) is 106 cm³/mol. The molecule has 1 saturated heterocycles. The normalized spacial score (nSPS) is 13.7. The van der Waals surface area contributed by atoms with Gasteiger partial charge in [0.25, 0.3) is 0 Å². The first kappa shape index (κ1) is 18.8. The van der Waals surface area contributed by atoms with Crippen molar-refractivity contribution in [1.29, 1.82) is 0 Å². The molecule has 2 aromatic carbocycles. The number of nitrogens with one attached hydrogen (secondary N) is 3. The van der Waals surface area contributed by atoms with Crippen molar-refractivity contribution in [1.82, 2.24) is 10.6 Å². The molecular weight excluding hydrogens is 368 g/mol. The van der Waals surface area contributed by atoms with Crippen molar-refractivity contribution in [3.05, 3.63) is 53.6 Å². The summed E-state index contributed by atoms with van der Waals surface area (Å²) >= 11 is 6.32. The first-order chi connectivity index (χ1) is 13.1. The zero-order valence-corrected chi connectivity index (χ0v) is 15.5. The van der Waals surface area contributed by atoms with E-state index < -0.39 is 0 Å². The van der Waals surface area contributed by atoms with E-state index >= 15 is 0 Å². The lowest BCUT2D eigenvalue weighted by atomic mass is 10.2. The molecule has 0 bridgehead atoms. The van der Waals surface area contributed by atoms with E-state index in [1.54, 1.807) is 18.2 Å². The minimum Gasteiger partial charge on any atom is -0.492 e. The number of urea groups is 1. The van der Waals surface area contributed by atoms with Crippen molar-refractivity contribution >= 4 is 34.9 Å². The molecule has 1 aliphatic rings. The van der Waals surface area contributed by atoms with Crippen LogP contribution < -0.4 is 25.6 Å². The highest BCUT2D eigenvalue weighted by Crippen LogP contribution is 2.29. The Hall–Kier alpha value is -2.93. The maximum atomic E-state index is 12.0. The molecule has 3 N–H and O–H groups in total. The molecule has 3 amide bonds. The zero-order chi connectivity index (χ0) is 19.1. The average Bonchev–Trinajstić information content (AvgIpc) is 2.66. The molecule has 1 aliphatic heterocycles. The number of rotatable bonds is 6. The van der Waals surface area contributed by atoms with E-state index in [4.69, 9.17) is 16.3 Å². The second-order valence-electron chi connectivity index (χ2n) is 5.98. The van der Waals surface area contributed by atoms with Gasteiger partial charge >= 0.3 is 6.03 Å². The molecule has 0 radical (unpaired) electrons. The van der Waals surface area contributed by atoms with Crippen LogP contribution in [0, 0.1) is 0 Å². The number of carbonyl (C=O) groups excluding carboxylic acids is 2. The maximum Gasteiger partial charge on any atom is 0.319 e. The van der Waals surface area contributed by atoms with Gasteiger partial charge in [0.1, 0.15) is 12.4 Å². The Balaban J connectivity index is 1.46. The van der Waals surface area contributed by atoms with Gasteiger partial charge in [0, 0.05) is 18.8 Å². The molecule has 1 heterocycles. The molecule has 2 aromatic rings. The lowest BCUT2D eigenvalue weighted by Crippen LogP contribution is -2.47. The Bertz CT molecular complexity index is 801. The van der Waals surface area contributed by atoms with Crippen molar-refractivity contribution in [3.8, 4) is 5.75 Å². The van der Waals surface area contributed by atoms with E-state index in [1.165, 1.54) is 0 Å². The number of amides is 3. The quantitative estimate of drug-likeness (QED) is 0.664. The SMILES string of the molecule is O=C1CN(c2ccc(NC(=O)NCCOc3ccccc3)cc2Cl)CCN1. The van der Waals surface area contributed by atoms with Crippen molar-refractivity contribution in [2.75, 3.05) is 43.0 Å². The van der Waals surface area contributed by atoms with E-state index in [0.29, 0.717) is 37.0 Å². The van der Waals surface area contributed by atoms with Gasteiger partial charge in [-0.25, -0.2) is 4.79 Å². The second kappa shape index (κ2) is 9.14. The first-order valence-electron chi connectivity index (χ1n) is 8.66. The number of anilines is 2. The van der Waals surface area contributed by atoms with Crippen molar-refractivity contribution in [3.63, 3.8) is 0 Å². The van der Waals surface area contributed by atoms with Crippen LogP contribution in [0.4, 0.5) is 16.2 Å². The van der Waals surface area contributed by atoms with Gasteiger partial charge in [-0.3, -0.25) is 4.79 Å². The minimum absolute atomic E-state index is 0.0309. The monoisotopic (exact) mass is 388 g/mol. The Labute approximate surface area is 162 Å². The van der Waals surface area contributed by atoms with Crippen LogP contribution in [-0.2, 0) is 4.79 Å². The van der Waals surface area contributed by atoms with Gasteiger partial charge in [0.05, 0.1) is 23.8 Å². The second-order valence-corrected chi connectivity index (χ2v) is 6.39. The largest absolute Gasteiger partial charge is 0.492 e.